The Morgan fingerprint density at radius 2 is 1.82 bits per heavy atom. The fourth-order valence-electron chi connectivity index (χ4n) is 4.11. The van der Waals surface area contributed by atoms with Crippen LogP contribution < -0.4 is 0 Å². The summed E-state index contributed by atoms with van der Waals surface area (Å²) in [4.78, 5) is 12.0. The van der Waals surface area contributed by atoms with Gasteiger partial charge in [-0.1, -0.05) is 61.9 Å². The molecule has 8 nitrogen and oxygen atoms in total. The molecule has 0 fully saturated rings. The minimum absolute atomic E-state index is 0.104. The quantitative estimate of drug-likeness (QED) is 0.378. The average molecular weight is 445 g/mol. The van der Waals surface area contributed by atoms with Crippen LogP contribution in [0.25, 0.3) is 22.5 Å². The second-order valence-corrected chi connectivity index (χ2v) is 8.38. The van der Waals surface area contributed by atoms with Crippen molar-refractivity contribution in [3.63, 3.8) is 0 Å². The number of aromatic amines is 1. The number of unbranched alkanes of at least 4 members (excludes halogenated alkanes) is 1. The first kappa shape index (κ1) is 22.4. The summed E-state index contributed by atoms with van der Waals surface area (Å²) in [6.07, 6.45) is 3.39. The zero-order valence-corrected chi connectivity index (χ0v) is 19.1. The molecule has 0 unspecified atom stereocenters. The molecule has 4 aromatic rings. The molecule has 0 bridgehead atoms. The standard InChI is InChI=1S/C25H28N6O2/c1-4-5-10-22-21(23(25(32)33)28-31(22)16(2)3)15-17-11-13-18(14-12-17)19-8-6-7-9-20(19)24-26-29-30-27-24/h6-9,11-14,16H,4-5,10,15H2,1-3H3,(H,32,33)(H,26,27,29,30). The van der Waals surface area contributed by atoms with E-state index in [0.717, 1.165) is 52.8 Å². The van der Waals surface area contributed by atoms with E-state index in [-0.39, 0.29) is 11.7 Å². The van der Waals surface area contributed by atoms with Gasteiger partial charge in [0.2, 0.25) is 5.82 Å². The summed E-state index contributed by atoms with van der Waals surface area (Å²) in [5.41, 5.74) is 5.96. The van der Waals surface area contributed by atoms with Gasteiger partial charge in [-0.25, -0.2) is 4.79 Å². The summed E-state index contributed by atoms with van der Waals surface area (Å²) in [5, 5.41) is 28.7. The molecule has 2 heterocycles. The number of benzene rings is 2. The molecule has 0 aliphatic carbocycles. The number of nitrogens with one attached hydrogen (secondary N) is 1. The molecule has 2 aromatic heterocycles. The van der Waals surface area contributed by atoms with E-state index in [2.05, 4.69) is 32.6 Å². The number of rotatable bonds is 9. The first-order chi connectivity index (χ1) is 16.0. The highest BCUT2D eigenvalue weighted by molar-refractivity contribution is 5.87. The van der Waals surface area contributed by atoms with E-state index in [1.54, 1.807) is 0 Å². The SMILES string of the molecule is CCCCc1c(Cc2ccc(-c3ccccc3-c3nn[nH]n3)cc2)c(C(=O)O)nn1C(C)C. The van der Waals surface area contributed by atoms with Gasteiger partial charge in [0, 0.05) is 29.3 Å². The first-order valence-electron chi connectivity index (χ1n) is 11.2. The van der Waals surface area contributed by atoms with Crippen LogP contribution in [-0.4, -0.2) is 41.5 Å². The molecule has 33 heavy (non-hydrogen) atoms. The summed E-state index contributed by atoms with van der Waals surface area (Å²) < 4.78 is 1.88. The van der Waals surface area contributed by atoms with Crippen LogP contribution in [0.3, 0.4) is 0 Å². The molecular formula is C25H28N6O2. The van der Waals surface area contributed by atoms with Crippen molar-refractivity contribution in [2.45, 2.75) is 52.5 Å². The number of carbonyl (C=O) groups is 1. The number of hydrogen-bond acceptors (Lipinski definition) is 5. The molecule has 0 atom stereocenters. The molecule has 0 radical (unpaired) electrons. The number of H-pyrrole nitrogens is 1. The highest BCUT2D eigenvalue weighted by atomic mass is 16.4. The van der Waals surface area contributed by atoms with Gasteiger partial charge in [-0.05, 0) is 48.6 Å². The van der Waals surface area contributed by atoms with Crippen LogP contribution in [0.2, 0.25) is 0 Å². The Bertz CT molecular complexity index is 1230. The molecule has 2 aromatic carbocycles. The van der Waals surface area contributed by atoms with E-state index in [0.29, 0.717) is 12.2 Å². The second kappa shape index (κ2) is 9.77. The maximum absolute atomic E-state index is 12.0. The predicted octanol–water partition coefficient (Wildman–Crippen LogP) is 4.94. The Labute approximate surface area is 192 Å². The Hall–Kier alpha value is -3.81. The number of aromatic nitrogens is 6. The molecule has 4 rings (SSSR count). The fraction of sp³-hybridized carbons (Fsp3) is 0.320. The number of carboxylic acid groups (broad SMARTS) is 1. The van der Waals surface area contributed by atoms with E-state index >= 15 is 0 Å². The molecule has 0 amide bonds. The second-order valence-electron chi connectivity index (χ2n) is 8.38. The molecule has 170 valence electrons. The minimum Gasteiger partial charge on any atom is -0.476 e. The maximum Gasteiger partial charge on any atom is 0.356 e. The van der Waals surface area contributed by atoms with Crippen LogP contribution in [0.15, 0.2) is 48.5 Å². The summed E-state index contributed by atoms with van der Waals surface area (Å²) in [6.45, 7) is 6.21. The largest absolute Gasteiger partial charge is 0.476 e. The van der Waals surface area contributed by atoms with Gasteiger partial charge in [0.15, 0.2) is 5.69 Å². The van der Waals surface area contributed by atoms with Gasteiger partial charge < -0.3 is 5.11 Å². The van der Waals surface area contributed by atoms with Gasteiger partial charge >= 0.3 is 5.97 Å². The molecule has 0 saturated carbocycles. The molecule has 0 aliphatic rings. The Kier molecular flexibility index (Phi) is 6.63. The third-order valence-electron chi connectivity index (χ3n) is 5.74. The van der Waals surface area contributed by atoms with Crippen LogP contribution >= 0.6 is 0 Å². The number of aromatic carboxylic acids is 1. The third kappa shape index (κ3) is 4.69. The van der Waals surface area contributed by atoms with Crippen LogP contribution in [0.5, 0.6) is 0 Å². The summed E-state index contributed by atoms with van der Waals surface area (Å²) in [5.74, 6) is -0.435. The van der Waals surface area contributed by atoms with Gasteiger partial charge in [-0.3, -0.25) is 4.68 Å². The Morgan fingerprint density at radius 1 is 1.09 bits per heavy atom. The monoisotopic (exact) mass is 444 g/mol. The zero-order chi connectivity index (χ0) is 23.4. The topological polar surface area (TPSA) is 110 Å². The third-order valence-corrected chi connectivity index (χ3v) is 5.74. The molecular weight excluding hydrogens is 416 g/mol. The van der Waals surface area contributed by atoms with Gasteiger partial charge in [0.25, 0.3) is 0 Å². The minimum atomic E-state index is -0.979. The summed E-state index contributed by atoms with van der Waals surface area (Å²) in [7, 11) is 0. The van der Waals surface area contributed by atoms with Crippen LogP contribution in [0.1, 0.15) is 67.0 Å². The molecule has 0 spiro atoms. The van der Waals surface area contributed by atoms with Gasteiger partial charge in [-0.2, -0.15) is 10.3 Å². The summed E-state index contributed by atoms with van der Waals surface area (Å²) in [6, 6.07) is 16.2. The zero-order valence-electron chi connectivity index (χ0n) is 19.1. The van der Waals surface area contributed by atoms with E-state index in [9.17, 15) is 9.90 Å². The number of nitrogens with zero attached hydrogens (tertiary/aromatic N) is 5. The van der Waals surface area contributed by atoms with Crippen molar-refractivity contribution in [2.75, 3.05) is 0 Å². The summed E-state index contributed by atoms with van der Waals surface area (Å²) >= 11 is 0. The van der Waals surface area contributed by atoms with Crippen LogP contribution in [0.4, 0.5) is 0 Å². The van der Waals surface area contributed by atoms with E-state index < -0.39 is 5.97 Å². The highest BCUT2D eigenvalue weighted by Crippen LogP contribution is 2.30. The Balaban J connectivity index is 1.68. The fourth-order valence-corrected chi connectivity index (χ4v) is 4.11. The van der Waals surface area contributed by atoms with Gasteiger partial charge in [-0.15, -0.1) is 10.2 Å². The van der Waals surface area contributed by atoms with Crippen molar-refractivity contribution in [1.82, 2.24) is 30.4 Å². The number of carboxylic acids is 1. The lowest BCUT2D eigenvalue weighted by Crippen LogP contribution is -2.09. The van der Waals surface area contributed by atoms with Gasteiger partial charge in [0.1, 0.15) is 0 Å². The number of hydrogen-bond donors (Lipinski definition) is 2. The van der Waals surface area contributed by atoms with Crippen molar-refractivity contribution in [3.8, 4) is 22.5 Å². The van der Waals surface area contributed by atoms with Crippen molar-refractivity contribution >= 4 is 5.97 Å². The maximum atomic E-state index is 12.0. The molecule has 2 N–H and O–H groups in total. The highest BCUT2D eigenvalue weighted by Gasteiger charge is 2.23. The van der Waals surface area contributed by atoms with E-state index in [1.807, 2.05) is 67.1 Å². The lowest BCUT2D eigenvalue weighted by molar-refractivity contribution is 0.0688. The number of tetrazole rings is 1. The molecule has 0 saturated heterocycles. The predicted molar refractivity (Wildman–Crippen MR) is 126 cm³/mol. The van der Waals surface area contributed by atoms with E-state index in [1.165, 1.54) is 0 Å². The first-order valence-corrected chi connectivity index (χ1v) is 11.2. The van der Waals surface area contributed by atoms with Crippen molar-refractivity contribution in [3.05, 3.63) is 71.0 Å². The van der Waals surface area contributed by atoms with Crippen molar-refractivity contribution in [1.29, 1.82) is 0 Å². The smallest absolute Gasteiger partial charge is 0.356 e. The van der Waals surface area contributed by atoms with Crippen molar-refractivity contribution in [2.24, 2.45) is 0 Å². The normalized spacial score (nSPS) is 11.3. The lowest BCUT2D eigenvalue weighted by atomic mass is 9.95. The average Bonchev–Trinajstić information content (AvgIpc) is 3.47. The molecule has 8 heteroatoms. The Morgan fingerprint density at radius 3 is 2.42 bits per heavy atom. The molecule has 0 aliphatic heterocycles. The van der Waals surface area contributed by atoms with Crippen LogP contribution in [-0.2, 0) is 12.8 Å². The van der Waals surface area contributed by atoms with E-state index in [4.69, 9.17) is 0 Å². The van der Waals surface area contributed by atoms with Gasteiger partial charge in [0.05, 0.1) is 0 Å². The van der Waals surface area contributed by atoms with Crippen molar-refractivity contribution < 1.29 is 9.90 Å². The lowest BCUT2D eigenvalue weighted by Gasteiger charge is -2.13. The van der Waals surface area contributed by atoms with Crippen LogP contribution in [0, 0.1) is 0 Å².